The van der Waals surface area contributed by atoms with Gasteiger partial charge in [-0.05, 0) is 0 Å². The molecule has 0 aliphatic carbocycles. The van der Waals surface area contributed by atoms with Crippen molar-refractivity contribution in [2.24, 2.45) is 0 Å². The molecular formula is C8H5F3O3. The summed E-state index contributed by atoms with van der Waals surface area (Å²) >= 11 is 0. The Labute approximate surface area is 76.7 Å². The maximum Gasteiger partial charge on any atom is 0.341 e. The molecule has 0 bridgehead atoms. The van der Waals surface area contributed by atoms with Gasteiger partial charge >= 0.3 is 5.97 Å². The Morgan fingerprint density at radius 3 is 2.57 bits per heavy atom. The summed E-state index contributed by atoms with van der Waals surface area (Å²) in [7, 11) is 0. The number of ether oxygens (including phenoxy) is 1. The van der Waals surface area contributed by atoms with Gasteiger partial charge in [-0.3, -0.25) is 0 Å². The third kappa shape index (κ3) is 2.38. The lowest BCUT2D eigenvalue weighted by Crippen LogP contribution is -2.10. The highest BCUT2D eigenvalue weighted by molar-refractivity contribution is 5.68. The van der Waals surface area contributed by atoms with Crippen molar-refractivity contribution in [3.63, 3.8) is 0 Å². The number of carboxylic acid groups (broad SMARTS) is 1. The molecule has 1 aromatic rings. The molecule has 1 N–H and O–H groups in total. The summed E-state index contributed by atoms with van der Waals surface area (Å²) in [4.78, 5) is 10.0. The van der Waals surface area contributed by atoms with Crippen molar-refractivity contribution in [1.29, 1.82) is 0 Å². The second kappa shape index (κ2) is 3.99. The molecule has 0 unspecified atom stereocenters. The number of carboxylic acids is 1. The van der Waals surface area contributed by atoms with E-state index in [1.807, 2.05) is 0 Å². The number of carbonyl (C=O) groups is 1. The van der Waals surface area contributed by atoms with Crippen molar-refractivity contribution >= 4 is 5.97 Å². The Morgan fingerprint density at radius 2 is 2.00 bits per heavy atom. The number of hydrogen-bond donors (Lipinski definition) is 1. The maximum atomic E-state index is 12.8. The molecule has 0 radical (unpaired) electrons. The van der Waals surface area contributed by atoms with E-state index >= 15 is 0 Å². The minimum atomic E-state index is -1.43. The second-order valence-electron chi connectivity index (χ2n) is 2.38. The highest BCUT2D eigenvalue weighted by Crippen LogP contribution is 2.21. The van der Waals surface area contributed by atoms with Crippen molar-refractivity contribution < 1.29 is 27.8 Å². The highest BCUT2D eigenvalue weighted by Gasteiger charge is 2.13. The molecule has 0 saturated heterocycles. The van der Waals surface area contributed by atoms with Crippen LogP contribution in [0.3, 0.4) is 0 Å². The summed E-state index contributed by atoms with van der Waals surface area (Å²) in [5.41, 5.74) is 0. The van der Waals surface area contributed by atoms with Crippen LogP contribution in [0.2, 0.25) is 0 Å². The Balaban J connectivity index is 2.90. The van der Waals surface area contributed by atoms with Gasteiger partial charge in [-0.15, -0.1) is 0 Å². The standard InChI is InChI=1S/C8H5F3O3/c9-4-1-5(10)8(11)6(2-4)14-3-7(12)13/h1-2H,3H2,(H,12,13). The first-order valence-corrected chi connectivity index (χ1v) is 3.50. The predicted molar refractivity (Wildman–Crippen MR) is 39.4 cm³/mol. The topological polar surface area (TPSA) is 46.5 Å². The van der Waals surface area contributed by atoms with Gasteiger partial charge in [0.15, 0.2) is 18.2 Å². The van der Waals surface area contributed by atoms with Crippen molar-refractivity contribution in [2.45, 2.75) is 0 Å². The minimum Gasteiger partial charge on any atom is -0.479 e. The zero-order valence-electron chi connectivity index (χ0n) is 6.76. The third-order valence-corrected chi connectivity index (χ3v) is 1.31. The molecular weight excluding hydrogens is 201 g/mol. The Kier molecular flexibility index (Phi) is 2.95. The van der Waals surface area contributed by atoms with E-state index in [4.69, 9.17) is 5.11 Å². The molecule has 14 heavy (non-hydrogen) atoms. The van der Waals surface area contributed by atoms with Crippen molar-refractivity contribution in [3.8, 4) is 5.75 Å². The van der Waals surface area contributed by atoms with Crippen molar-refractivity contribution in [2.75, 3.05) is 6.61 Å². The molecule has 0 heterocycles. The minimum absolute atomic E-state index is 0.336. The molecule has 1 rings (SSSR count). The fourth-order valence-electron chi connectivity index (χ4n) is 0.777. The zero-order valence-corrected chi connectivity index (χ0v) is 6.76. The van der Waals surface area contributed by atoms with Crippen LogP contribution < -0.4 is 4.74 Å². The Hall–Kier alpha value is -1.72. The van der Waals surface area contributed by atoms with Crippen LogP contribution in [-0.2, 0) is 4.79 Å². The van der Waals surface area contributed by atoms with Gasteiger partial charge in [-0.2, -0.15) is 4.39 Å². The first kappa shape index (κ1) is 10.4. The van der Waals surface area contributed by atoms with Crippen molar-refractivity contribution in [1.82, 2.24) is 0 Å². The van der Waals surface area contributed by atoms with E-state index in [9.17, 15) is 18.0 Å². The van der Waals surface area contributed by atoms with Gasteiger partial charge < -0.3 is 9.84 Å². The SMILES string of the molecule is O=C(O)COc1cc(F)cc(F)c1F. The fraction of sp³-hybridized carbons (Fsp3) is 0.125. The zero-order chi connectivity index (χ0) is 10.7. The summed E-state index contributed by atoms with van der Waals surface area (Å²) in [6.45, 7) is -0.861. The van der Waals surface area contributed by atoms with E-state index < -0.39 is 35.8 Å². The largest absolute Gasteiger partial charge is 0.479 e. The van der Waals surface area contributed by atoms with Gasteiger partial charge in [0.05, 0.1) is 0 Å². The molecule has 6 heteroatoms. The van der Waals surface area contributed by atoms with Gasteiger partial charge in [0.2, 0.25) is 5.82 Å². The molecule has 1 aromatic carbocycles. The van der Waals surface area contributed by atoms with Crippen LogP contribution in [0, 0.1) is 17.5 Å². The van der Waals surface area contributed by atoms with E-state index in [0.717, 1.165) is 0 Å². The van der Waals surface area contributed by atoms with E-state index in [-0.39, 0.29) is 0 Å². The van der Waals surface area contributed by atoms with Gasteiger partial charge in [-0.25, -0.2) is 13.6 Å². The van der Waals surface area contributed by atoms with Crippen LogP contribution in [0.25, 0.3) is 0 Å². The molecule has 76 valence electrons. The monoisotopic (exact) mass is 206 g/mol. The second-order valence-corrected chi connectivity index (χ2v) is 2.38. The quantitative estimate of drug-likeness (QED) is 0.763. The number of hydrogen-bond acceptors (Lipinski definition) is 2. The lowest BCUT2D eigenvalue weighted by molar-refractivity contribution is -0.139. The van der Waals surface area contributed by atoms with E-state index in [0.29, 0.717) is 12.1 Å². The smallest absolute Gasteiger partial charge is 0.341 e. The summed E-state index contributed by atoms with van der Waals surface area (Å²) in [6.07, 6.45) is 0. The fourth-order valence-corrected chi connectivity index (χ4v) is 0.777. The number of benzene rings is 1. The number of aliphatic carboxylic acids is 1. The normalized spacial score (nSPS) is 9.93. The van der Waals surface area contributed by atoms with Gasteiger partial charge in [-0.1, -0.05) is 0 Å². The van der Waals surface area contributed by atoms with Crippen LogP contribution >= 0.6 is 0 Å². The molecule has 0 fully saturated rings. The van der Waals surface area contributed by atoms with E-state index in [2.05, 4.69) is 4.74 Å². The summed E-state index contributed by atoms with van der Waals surface area (Å²) < 4.78 is 42.1. The average Bonchev–Trinajstić information content (AvgIpc) is 2.08. The number of halogens is 3. The van der Waals surface area contributed by atoms with E-state index in [1.165, 1.54) is 0 Å². The molecule has 0 amide bonds. The molecule has 0 aromatic heterocycles. The molecule has 0 aliphatic rings. The van der Waals surface area contributed by atoms with Gasteiger partial charge in [0.25, 0.3) is 0 Å². The van der Waals surface area contributed by atoms with Gasteiger partial charge in [0, 0.05) is 12.1 Å². The first-order chi connectivity index (χ1) is 6.50. The van der Waals surface area contributed by atoms with Crippen LogP contribution in [-0.4, -0.2) is 17.7 Å². The Bertz CT molecular complexity index is 365. The maximum absolute atomic E-state index is 12.8. The molecule has 0 aliphatic heterocycles. The Morgan fingerprint density at radius 1 is 1.36 bits per heavy atom. The lowest BCUT2D eigenvalue weighted by Gasteiger charge is -2.04. The van der Waals surface area contributed by atoms with Crippen LogP contribution in [0.1, 0.15) is 0 Å². The first-order valence-electron chi connectivity index (χ1n) is 3.50. The summed E-state index contributed by atoms with van der Waals surface area (Å²) in [6, 6.07) is 0.907. The third-order valence-electron chi connectivity index (χ3n) is 1.31. The molecule has 0 atom stereocenters. The van der Waals surface area contributed by atoms with Crippen LogP contribution in [0.15, 0.2) is 12.1 Å². The summed E-state index contributed by atoms with van der Waals surface area (Å²) in [5, 5.41) is 8.17. The lowest BCUT2D eigenvalue weighted by atomic mass is 10.3. The highest BCUT2D eigenvalue weighted by atomic mass is 19.2. The molecule has 0 spiro atoms. The molecule has 3 nitrogen and oxygen atoms in total. The van der Waals surface area contributed by atoms with Crippen LogP contribution in [0.5, 0.6) is 5.75 Å². The van der Waals surface area contributed by atoms with Crippen molar-refractivity contribution in [3.05, 3.63) is 29.6 Å². The number of rotatable bonds is 3. The predicted octanol–water partition coefficient (Wildman–Crippen LogP) is 1.57. The summed E-state index contributed by atoms with van der Waals surface area (Å²) in [5.74, 6) is -6.00. The molecule has 0 saturated carbocycles. The average molecular weight is 206 g/mol. The van der Waals surface area contributed by atoms with Crippen LogP contribution in [0.4, 0.5) is 13.2 Å². The van der Waals surface area contributed by atoms with E-state index in [1.54, 1.807) is 0 Å². The van der Waals surface area contributed by atoms with Gasteiger partial charge in [0.1, 0.15) is 5.82 Å².